The van der Waals surface area contributed by atoms with E-state index in [2.05, 4.69) is 25.3 Å². The number of hydrogen-bond donors (Lipinski definition) is 1. The maximum atomic E-state index is 14.8. The Labute approximate surface area is 210 Å². The number of aromatic nitrogens is 4. The number of esters is 2. The van der Waals surface area contributed by atoms with Crippen LogP contribution in [0, 0.1) is 5.82 Å². The summed E-state index contributed by atoms with van der Waals surface area (Å²) in [7, 11) is 1.28. The normalized spacial score (nSPS) is 20.2. The Bertz CT molecular complexity index is 1260. The number of carbonyl (C=O) groups excluding carboxylic acids is 2. The second-order valence-electron chi connectivity index (χ2n) is 9.42. The third-order valence-electron chi connectivity index (χ3n) is 5.66. The molecule has 1 unspecified atom stereocenters. The first-order valence-electron chi connectivity index (χ1n) is 11.1. The van der Waals surface area contributed by atoms with Gasteiger partial charge >= 0.3 is 11.9 Å². The molecule has 1 aliphatic carbocycles. The molecule has 3 aromatic rings. The third-order valence-corrected chi connectivity index (χ3v) is 6.69. The number of halogens is 2. The molecule has 1 atom stereocenters. The summed E-state index contributed by atoms with van der Waals surface area (Å²) in [6.45, 7) is 5.11. The van der Waals surface area contributed by atoms with E-state index in [1.807, 2.05) is 0 Å². The van der Waals surface area contributed by atoms with Crippen LogP contribution in [0.15, 0.2) is 36.9 Å². The summed E-state index contributed by atoms with van der Waals surface area (Å²) in [5.74, 6) is -1.79. The lowest BCUT2D eigenvalue weighted by Crippen LogP contribution is -2.59. The van der Waals surface area contributed by atoms with Crippen molar-refractivity contribution in [1.29, 1.82) is 0 Å². The Kier molecular flexibility index (Phi) is 6.98. The molecule has 1 N–H and O–H groups in total. The molecular weight excluding hydrogens is 492 g/mol. The predicted molar refractivity (Wildman–Crippen MR) is 128 cm³/mol. The van der Waals surface area contributed by atoms with Gasteiger partial charge in [0.05, 0.1) is 24.4 Å². The van der Waals surface area contributed by atoms with Crippen LogP contribution in [-0.4, -0.2) is 56.8 Å². The third kappa shape index (κ3) is 5.18. The molecule has 1 saturated carbocycles. The highest BCUT2D eigenvalue weighted by Gasteiger charge is 2.57. The van der Waals surface area contributed by atoms with Crippen molar-refractivity contribution in [2.24, 2.45) is 0 Å². The minimum absolute atomic E-state index is 0.0167. The predicted octanol–water partition coefficient (Wildman–Crippen LogP) is 4.11. The average Bonchev–Trinajstić information content (AvgIpc) is 3.30. The van der Waals surface area contributed by atoms with E-state index in [-0.39, 0.29) is 24.5 Å². The highest BCUT2D eigenvalue weighted by molar-refractivity contribution is 7.16. The molecule has 36 heavy (non-hydrogen) atoms. The lowest BCUT2D eigenvalue weighted by atomic mass is 9.60. The van der Waals surface area contributed by atoms with Crippen molar-refractivity contribution in [3.05, 3.63) is 53.3 Å². The van der Waals surface area contributed by atoms with Crippen molar-refractivity contribution in [2.45, 2.75) is 56.8 Å². The zero-order chi connectivity index (χ0) is 26.1. The number of nitrogens with one attached hydrogen (secondary N) is 1. The van der Waals surface area contributed by atoms with E-state index in [4.69, 9.17) is 9.47 Å². The molecule has 4 rings (SSSR count). The van der Waals surface area contributed by atoms with Gasteiger partial charge in [0, 0.05) is 24.2 Å². The van der Waals surface area contributed by atoms with Crippen LogP contribution in [0.2, 0.25) is 0 Å². The van der Waals surface area contributed by atoms with Crippen molar-refractivity contribution in [3.8, 4) is 10.6 Å². The van der Waals surface area contributed by atoms with Crippen LogP contribution in [-0.2, 0) is 19.7 Å². The molecule has 9 nitrogen and oxygen atoms in total. The lowest BCUT2D eigenvalue weighted by Gasteiger charge is -2.48. The number of methoxy groups -OCH3 is 1. The second-order valence-corrected chi connectivity index (χ2v) is 10.5. The van der Waals surface area contributed by atoms with Gasteiger partial charge in [0.1, 0.15) is 33.5 Å². The fourth-order valence-corrected chi connectivity index (χ4v) is 4.89. The van der Waals surface area contributed by atoms with E-state index in [0.29, 0.717) is 15.4 Å². The summed E-state index contributed by atoms with van der Waals surface area (Å²) in [6.07, 6.45) is 4.26. The Hall–Kier alpha value is -3.54. The monoisotopic (exact) mass is 517 g/mol. The molecule has 0 spiro atoms. The van der Waals surface area contributed by atoms with Crippen molar-refractivity contribution in [1.82, 2.24) is 19.9 Å². The standard InChI is InChI=1S/C24H25F2N5O4S/c1-23(2,3)35-21(33)18(24(8-14(25)9-24)17-15(26)6-5-7-27-17)31-22-29-10-13(11-30-22)19-28-12-16(36-19)20(32)34-4/h5-7,10-12,14,18H,8-9H2,1-4H3,(H,29,30,31). The summed E-state index contributed by atoms with van der Waals surface area (Å²) in [6, 6.07) is 1.45. The van der Waals surface area contributed by atoms with Gasteiger partial charge in [0.2, 0.25) is 5.95 Å². The Morgan fingerprint density at radius 3 is 2.44 bits per heavy atom. The van der Waals surface area contributed by atoms with Crippen molar-refractivity contribution < 1.29 is 27.8 Å². The van der Waals surface area contributed by atoms with Gasteiger partial charge in [-0.2, -0.15) is 0 Å². The van der Waals surface area contributed by atoms with E-state index in [1.165, 1.54) is 44.0 Å². The fraction of sp³-hybridized carbons (Fsp3) is 0.417. The molecule has 3 aromatic heterocycles. The minimum Gasteiger partial charge on any atom is -0.465 e. The fourth-order valence-electron chi connectivity index (χ4n) is 4.08. The van der Waals surface area contributed by atoms with Gasteiger partial charge in [-0.15, -0.1) is 11.3 Å². The van der Waals surface area contributed by atoms with E-state index < -0.39 is 41.0 Å². The number of alkyl halides is 1. The van der Waals surface area contributed by atoms with E-state index in [0.717, 1.165) is 11.3 Å². The zero-order valence-electron chi connectivity index (χ0n) is 20.1. The maximum Gasteiger partial charge on any atom is 0.349 e. The molecule has 1 aliphatic rings. The summed E-state index contributed by atoms with van der Waals surface area (Å²) < 4.78 is 39.4. The molecule has 0 saturated heterocycles. The first-order chi connectivity index (χ1) is 17.0. The molecule has 0 aliphatic heterocycles. The van der Waals surface area contributed by atoms with Gasteiger partial charge in [-0.3, -0.25) is 4.98 Å². The molecular formula is C24H25F2N5O4S. The summed E-state index contributed by atoms with van der Waals surface area (Å²) in [5, 5.41) is 3.44. The van der Waals surface area contributed by atoms with Crippen LogP contribution in [0.1, 0.15) is 49.0 Å². The number of thiazole rings is 1. The molecule has 0 bridgehead atoms. The summed E-state index contributed by atoms with van der Waals surface area (Å²) >= 11 is 1.11. The van der Waals surface area contributed by atoms with Gasteiger partial charge < -0.3 is 14.8 Å². The summed E-state index contributed by atoms with van der Waals surface area (Å²) in [5.41, 5.74) is -1.61. The zero-order valence-corrected chi connectivity index (χ0v) is 20.9. The van der Waals surface area contributed by atoms with Crippen LogP contribution >= 0.6 is 11.3 Å². The average molecular weight is 518 g/mol. The SMILES string of the molecule is COC(=O)c1cnc(-c2cnc(NC(C(=O)OC(C)(C)C)C3(c4ncccc4F)CC(F)C3)nc2)s1. The number of ether oxygens (including phenoxy) is 2. The highest BCUT2D eigenvalue weighted by Crippen LogP contribution is 2.49. The highest BCUT2D eigenvalue weighted by atomic mass is 32.1. The van der Waals surface area contributed by atoms with Gasteiger partial charge in [-0.1, -0.05) is 0 Å². The first kappa shape index (κ1) is 25.5. The molecule has 0 amide bonds. The molecule has 12 heteroatoms. The minimum atomic E-state index is -1.29. The first-order valence-corrected chi connectivity index (χ1v) is 11.9. The van der Waals surface area contributed by atoms with E-state index in [9.17, 15) is 18.4 Å². The largest absolute Gasteiger partial charge is 0.465 e. The van der Waals surface area contributed by atoms with E-state index in [1.54, 1.807) is 20.8 Å². The number of nitrogens with zero attached hydrogens (tertiary/aromatic N) is 4. The second kappa shape index (κ2) is 9.84. The van der Waals surface area contributed by atoms with Crippen LogP contribution in [0.3, 0.4) is 0 Å². The molecule has 1 fully saturated rings. The maximum absolute atomic E-state index is 14.8. The molecule has 0 radical (unpaired) electrons. The molecule has 190 valence electrons. The molecule has 0 aromatic carbocycles. The van der Waals surface area contributed by atoms with Crippen molar-refractivity contribution in [3.63, 3.8) is 0 Å². The van der Waals surface area contributed by atoms with Gasteiger partial charge in [-0.25, -0.2) is 33.3 Å². The van der Waals surface area contributed by atoms with Gasteiger partial charge in [-0.05, 0) is 45.7 Å². The van der Waals surface area contributed by atoms with E-state index >= 15 is 0 Å². The molecule has 3 heterocycles. The van der Waals surface area contributed by atoms with Crippen molar-refractivity contribution >= 4 is 29.2 Å². The number of pyridine rings is 1. The smallest absolute Gasteiger partial charge is 0.349 e. The van der Waals surface area contributed by atoms with Crippen LogP contribution < -0.4 is 5.32 Å². The number of rotatable bonds is 7. The number of hydrogen-bond acceptors (Lipinski definition) is 10. The Balaban J connectivity index is 1.66. The van der Waals surface area contributed by atoms with Crippen molar-refractivity contribution in [2.75, 3.05) is 12.4 Å². The number of carbonyl (C=O) groups is 2. The Morgan fingerprint density at radius 2 is 1.86 bits per heavy atom. The lowest BCUT2D eigenvalue weighted by molar-refractivity contribution is -0.159. The topological polar surface area (TPSA) is 116 Å². The Morgan fingerprint density at radius 1 is 1.17 bits per heavy atom. The summed E-state index contributed by atoms with van der Waals surface area (Å²) in [4.78, 5) is 42.2. The number of anilines is 1. The van der Waals surface area contributed by atoms with Crippen LogP contribution in [0.5, 0.6) is 0 Å². The van der Waals surface area contributed by atoms with Gasteiger partial charge in [0.15, 0.2) is 0 Å². The van der Waals surface area contributed by atoms with Crippen LogP contribution in [0.4, 0.5) is 14.7 Å². The quantitative estimate of drug-likeness (QED) is 0.462. The van der Waals surface area contributed by atoms with Gasteiger partial charge in [0.25, 0.3) is 0 Å². The van der Waals surface area contributed by atoms with Crippen LogP contribution in [0.25, 0.3) is 10.6 Å².